The maximum absolute atomic E-state index is 10.6. The number of hydrogen-bond acceptors (Lipinski definition) is 2. The average Bonchev–Trinajstić information content (AvgIpc) is 2.55. The summed E-state index contributed by atoms with van der Waals surface area (Å²) in [6, 6.07) is 6.42. The zero-order chi connectivity index (χ0) is 10.9. The van der Waals surface area contributed by atoms with Crippen LogP contribution >= 0.6 is 0 Å². The van der Waals surface area contributed by atoms with Gasteiger partial charge < -0.3 is 10.4 Å². The van der Waals surface area contributed by atoms with Crippen LogP contribution < -0.4 is 5.32 Å². The van der Waals surface area contributed by atoms with Crippen molar-refractivity contribution in [3.63, 3.8) is 0 Å². The largest absolute Gasteiger partial charge is 0.385 e. The summed E-state index contributed by atoms with van der Waals surface area (Å²) < 4.78 is 0. The zero-order valence-corrected chi connectivity index (χ0v) is 9.51. The van der Waals surface area contributed by atoms with Crippen molar-refractivity contribution in [1.82, 2.24) is 5.32 Å². The van der Waals surface area contributed by atoms with E-state index in [0.29, 0.717) is 0 Å². The molecule has 1 atom stereocenters. The summed E-state index contributed by atoms with van der Waals surface area (Å²) in [7, 11) is 1.93. The third-order valence-corrected chi connectivity index (χ3v) is 3.36. The zero-order valence-electron chi connectivity index (χ0n) is 9.51. The molecule has 0 saturated carbocycles. The van der Waals surface area contributed by atoms with Crippen LogP contribution in [0, 0.1) is 6.92 Å². The topological polar surface area (TPSA) is 32.3 Å². The number of hydrogen-bond donors (Lipinski definition) is 2. The average molecular weight is 205 g/mol. The second kappa shape index (κ2) is 3.95. The van der Waals surface area contributed by atoms with Crippen molar-refractivity contribution in [2.24, 2.45) is 0 Å². The highest BCUT2D eigenvalue weighted by atomic mass is 16.3. The Morgan fingerprint density at radius 3 is 3.00 bits per heavy atom. The van der Waals surface area contributed by atoms with Crippen LogP contribution in [0.5, 0.6) is 0 Å². The van der Waals surface area contributed by atoms with E-state index in [1.807, 2.05) is 7.05 Å². The molecule has 1 aliphatic rings. The van der Waals surface area contributed by atoms with Crippen molar-refractivity contribution < 1.29 is 5.11 Å². The Morgan fingerprint density at radius 2 is 2.27 bits per heavy atom. The van der Waals surface area contributed by atoms with Gasteiger partial charge in [-0.15, -0.1) is 0 Å². The first kappa shape index (κ1) is 10.7. The van der Waals surface area contributed by atoms with Crippen LogP contribution in [0.15, 0.2) is 18.2 Å². The molecule has 0 aromatic heterocycles. The SMILES string of the molecule is CNCCC1(O)CCc2ccc(C)cc21. The molecule has 0 heterocycles. The molecule has 0 saturated heterocycles. The fraction of sp³-hybridized carbons (Fsp3) is 0.538. The van der Waals surface area contributed by atoms with Gasteiger partial charge in [-0.05, 0) is 50.9 Å². The van der Waals surface area contributed by atoms with E-state index in [2.05, 4.69) is 30.4 Å². The molecular formula is C13H19NO. The Hall–Kier alpha value is -0.860. The van der Waals surface area contributed by atoms with Gasteiger partial charge in [0.15, 0.2) is 0 Å². The molecule has 1 aliphatic carbocycles. The molecule has 82 valence electrons. The molecule has 1 unspecified atom stereocenters. The van der Waals surface area contributed by atoms with Gasteiger partial charge in [0, 0.05) is 0 Å². The second-order valence-electron chi connectivity index (χ2n) is 4.55. The molecule has 0 aliphatic heterocycles. The van der Waals surface area contributed by atoms with E-state index in [1.54, 1.807) is 0 Å². The van der Waals surface area contributed by atoms with Gasteiger partial charge in [0.05, 0.1) is 5.60 Å². The van der Waals surface area contributed by atoms with Gasteiger partial charge in [-0.25, -0.2) is 0 Å². The minimum absolute atomic E-state index is 0.593. The van der Waals surface area contributed by atoms with Gasteiger partial charge in [-0.1, -0.05) is 23.8 Å². The second-order valence-corrected chi connectivity index (χ2v) is 4.55. The van der Waals surface area contributed by atoms with E-state index in [4.69, 9.17) is 0 Å². The Bertz CT molecular complexity index is 362. The lowest BCUT2D eigenvalue weighted by atomic mass is 9.91. The quantitative estimate of drug-likeness (QED) is 0.787. The van der Waals surface area contributed by atoms with Crippen LogP contribution in [0.1, 0.15) is 29.5 Å². The van der Waals surface area contributed by atoms with Gasteiger partial charge in [-0.2, -0.15) is 0 Å². The van der Waals surface area contributed by atoms with E-state index >= 15 is 0 Å². The number of fused-ring (bicyclic) bond motifs is 1. The predicted octanol–water partition coefficient (Wildman–Crippen LogP) is 1.74. The number of aryl methyl sites for hydroxylation is 2. The summed E-state index contributed by atoms with van der Waals surface area (Å²) in [5, 5.41) is 13.7. The fourth-order valence-electron chi connectivity index (χ4n) is 2.41. The van der Waals surface area contributed by atoms with Gasteiger partial charge in [0.25, 0.3) is 0 Å². The molecule has 0 spiro atoms. The molecule has 1 aromatic rings. The van der Waals surface area contributed by atoms with Crippen molar-refractivity contribution in [2.45, 2.75) is 31.8 Å². The number of nitrogens with one attached hydrogen (secondary N) is 1. The lowest BCUT2D eigenvalue weighted by Crippen LogP contribution is -2.27. The van der Waals surface area contributed by atoms with Crippen LogP contribution in [0.3, 0.4) is 0 Å². The Kier molecular flexibility index (Phi) is 2.81. The highest BCUT2D eigenvalue weighted by molar-refractivity contribution is 5.39. The van der Waals surface area contributed by atoms with Crippen LogP contribution in [-0.4, -0.2) is 18.7 Å². The lowest BCUT2D eigenvalue weighted by molar-refractivity contribution is 0.0302. The smallest absolute Gasteiger partial charge is 0.0914 e. The van der Waals surface area contributed by atoms with Crippen molar-refractivity contribution in [2.75, 3.05) is 13.6 Å². The summed E-state index contributed by atoms with van der Waals surface area (Å²) in [6.07, 6.45) is 2.68. The first-order chi connectivity index (χ1) is 7.15. The minimum Gasteiger partial charge on any atom is -0.385 e. The van der Waals surface area contributed by atoms with Crippen LogP contribution in [0.25, 0.3) is 0 Å². The summed E-state index contributed by atoms with van der Waals surface area (Å²) in [6.45, 7) is 2.95. The van der Waals surface area contributed by atoms with Crippen LogP contribution in [0.2, 0.25) is 0 Å². The molecule has 2 heteroatoms. The molecule has 1 aromatic carbocycles. The molecule has 0 amide bonds. The molecule has 0 fully saturated rings. The standard InChI is InChI=1S/C13H19NO/c1-10-3-4-11-5-6-13(15,7-8-14-2)12(11)9-10/h3-4,9,14-15H,5-8H2,1-2H3. The van der Waals surface area contributed by atoms with Crippen molar-refractivity contribution in [3.8, 4) is 0 Å². The number of aliphatic hydroxyl groups is 1. The first-order valence-electron chi connectivity index (χ1n) is 5.63. The minimum atomic E-state index is -0.593. The van der Waals surface area contributed by atoms with Gasteiger partial charge >= 0.3 is 0 Å². The molecule has 2 nitrogen and oxygen atoms in total. The van der Waals surface area contributed by atoms with Crippen molar-refractivity contribution in [3.05, 3.63) is 34.9 Å². The first-order valence-corrected chi connectivity index (χ1v) is 5.63. The van der Waals surface area contributed by atoms with E-state index < -0.39 is 5.60 Å². The fourth-order valence-corrected chi connectivity index (χ4v) is 2.41. The lowest BCUT2D eigenvalue weighted by Gasteiger charge is -2.24. The van der Waals surface area contributed by atoms with Crippen molar-refractivity contribution in [1.29, 1.82) is 0 Å². The maximum atomic E-state index is 10.6. The molecular weight excluding hydrogens is 186 g/mol. The summed E-state index contributed by atoms with van der Waals surface area (Å²) >= 11 is 0. The third kappa shape index (κ3) is 1.92. The van der Waals surface area contributed by atoms with Gasteiger partial charge in [0.2, 0.25) is 0 Å². The third-order valence-electron chi connectivity index (χ3n) is 3.36. The van der Waals surface area contributed by atoms with Crippen LogP contribution in [-0.2, 0) is 12.0 Å². The Labute approximate surface area is 91.3 Å². The van der Waals surface area contributed by atoms with Gasteiger partial charge in [-0.3, -0.25) is 0 Å². The highest BCUT2D eigenvalue weighted by Crippen LogP contribution is 2.39. The molecule has 2 N–H and O–H groups in total. The normalized spacial score (nSPS) is 24.2. The highest BCUT2D eigenvalue weighted by Gasteiger charge is 2.35. The van der Waals surface area contributed by atoms with E-state index in [-0.39, 0.29) is 0 Å². The number of benzene rings is 1. The Balaban J connectivity index is 2.29. The van der Waals surface area contributed by atoms with Crippen molar-refractivity contribution >= 4 is 0 Å². The Morgan fingerprint density at radius 1 is 1.47 bits per heavy atom. The van der Waals surface area contributed by atoms with E-state index in [1.165, 1.54) is 11.1 Å². The molecule has 2 rings (SSSR count). The van der Waals surface area contributed by atoms with Crippen LogP contribution in [0.4, 0.5) is 0 Å². The maximum Gasteiger partial charge on any atom is 0.0914 e. The molecule has 15 heavy (non-hydrogen) atoms. The predicted molar refractivity (Wildman–Crippen MR) is 61.9 cm³/mol. The summed E-state index contributed by atoms with van der Waals surface area (Å²) in [5.41, 5.74) is 3.11. The van der Waals surface area contributed by atoms with Gasteiger partial charge in [0.1, 0.15) is 0 Å². The summed E-state index contributed by atoms with van der Waals surface area (Å²) in [4.78, 5) is 0. The summed E-state index contributed by atoms with van der Waals surface area (Å²) in [5.74, 6) is 0. The molecule has 0 radical (unpaired) electrons. The van der Waals surface area contributed by atoms with E-state index in [0.717, 1.165) is 31.4 Å². The monoisotopic (exact) mass is 205 g/mol. The van der Waals surface area contributed by atoms with E-state index in [9.17, 15) is 5.11 Å². The number of rotatable bonds is 3. The molecule has 0 bridgehead atoms.